The Bertz CT molecular complexity index is 1280. The van der Waals surface area contributed by atoms with Gasteiger partial charge in [0.15, 0.2) is 5.13 Å². The molecule has 9 heteroatoms. The number of hydrogen-bond donors (Lipinski definition) is 3. The van der Waals surface area contributed by atoms with E-state index in [4.69, 9.17) is 28.2 Å². The van der Waals surface area contributed by atoms with Crippen molar-refractivity contribution in [2.24, 2.45) is 0 Å². The number of aromatic nitrogens is 3. The second kappa shape index (κ2) is 9.81. The summed E-state index contributed by atoms with van der Waals surface area (Å²) in [5.74, 6) is 0.663. The lowest BCUT2D eigenvalue weighted by Gasteiger charge is -2.27. The average molecular weight is 500 g/mol. The van der Waals surface area contributed by atoms with Crippen LogP contribution in [-0.2, 0) is 6.54 Å². The molecule has 0 saturated heterocycles. The van der Waals surface area contributed by atoms with Crippen LogP contribution in [0.15, 0.2) is 48.8 Å². The third-order valence-corrected chi connectivity index (χ3v) is 7.30. The highest BCUT2D eigenvalue weighted by molar-refractivity contribution is 7.22. The van der Waals surface area contributed by atoms with E-state index < -0.39 is 0 Å². The molecule has 5 rings (SSSR count). The summed E-state index contributed by atoms with van der Waals surface area (Å²) in [6, 6.07) is 11.6. The molecule has 1 aliphatic rings. The Morgan fingerprint density at radius 2 is 1.91 bits per heavy atom. The van der Waals surface area contributed by atoms with E-state index in [0.717, 1.165) is 52.2 Å². The molecule has 2 atom stereocenters. The van der Waals surface area contributed by atoms with Crippen molar-refractivity contribution >= 4 is 55.7 Å². The molecule has 0 radical (unpaired) electrons. The molecule has 6 nitrogen and oxygen atoms in total. The monoisotopic (exact) mass is 499 g/mol. The summed E-state index contributed by atoms with van der Waals surface area (Å²) in [5, 5.41) is 19.0. The predicted molar refractivity (Wildman–Crippen MR) is 136 cm³/mol. The summed E-state index contributed by atoms with van der Waals surface area (Å²) >= 11 is 13.9. The molecule has 1 saturated carbocycles. The van der Waals surface area contributed by atoms with Crippen molar-refractivity contribution in [3.05, 3.63) is 64.4 Å². The topological polar surface area (TPSA) is 83.0 Å². The summed E-state index contributed by atoms with van der Waals surface area (Å²) < 4.78 is 1.11. The van der Waals surface area contributed by atoms with Crippen LogP contribution >= 0.6 is 34.5 Å². The van der Waals surface area contributed by atoms with Crippen molar-refractivity contribution in [1.82, 2.24) is 15.0 Å². The summed E-state index contributed by atoms with van der Waals surface area (Å²) in [5.41, 5.74) is 3.54. The molecule has 0 aliphatic heterocycles. The van der Waals surface area contributed by atoms with Crippen LogP contribution in [0.1, 0.15) is 31.2 Å². The van der Waals surface area contributed by atoms with E-state index in [0.29, 0.717) is 28.1 Å². The first kappa shape index (κ1) is 22.3. The van der Waals surface area contributed by atoms with Crippen LogP contribution in [0.3, 0.4) is 0 Å². The van der Waals surface area contributed by atoms with E-state index in [1.165, 1.54) is 0 Å². The number of nitrogens with one attached hydrogen (secondary N) is 2. The van der Waals surface area contributed by atoms with E-state index in [1.807, 2.05) is 12.1 Å². The van der Waals surface area contributed by atoms with Crippen molar-refractivity contribution in [2.75, 3.05) is 10.6 Å². The molecule has 0 bridgehead atoms. The smallest absolute Gasteiger partial charge is 0.184 e. The SMILES string of the molecule is O[C@@H]1CCCCC1Nc1nc2ccc(CNc3cncc(-c4ccc(Cl)cc4Cl)n3)cc2s1. The number of hydrogen-bond acceptors (Lipinski definition) is 7. The van der Waals surface area contributed by atoms with Crippen LogP contribution in [0.4, 0.5) is 10.9 Å². The van der Waals surface area contributed by atoms with Gasteiger partial charge < -0.3 is 15.7 Å². The van der Waals surface area contributed by atoms with Gasteiger partial charge in [0.1, 0.15) is 5.82 Å². The standard InChI is InChI=1S/C24H23Cl2N5OS/c25-15-6-7-16(17(26)10-15)20-12-27-13-23(29-20)28-11-14-5-8-19-22(9-14)33-24(31-19)30-18-3-1-2-4-21(18)32/h5-10,12-13,18,21,32H,1-4,11H2,(H,28,29)(H,30,31)/t18?,21-/m1/s1. The molecule has 3 N–H and O–H groups in total. The average Bonchev–Trinajstić information content (AvgIpc) is 3.21. The number of benzene rings is 2. The van der Waals surface area contributed by atoms with Gasteiger partial charge >= 0.3 is 0 Å². The maximum absolute atomic E-state index is 10.2. The van der Waals surface area contributed by atoms with Gasteiger partial charge in [0, 0.05) is 17.1 Å². The fourth-order valence-corrected chi connectivity index (χ4v) is 5.55. The first-order chi connectivity index (χ1) is 16.0. The van der Waals surface area contributed by atoms with Gasteiger partial charge in [-0.3, -0.25) is 4.98 Å². The van der Waals surface area contributed by atoms with Crippen LogP contribution in [0.5, 0.6) is 0 Å². The third kappa shape index (κ3) is 5.22. The molecule has 2 aromatic heterocycles. The molecule has 1 unspecified atom stereocenters. The number of halogens is 2. The lowest BCUT2D eigenvalue weighted by atomic mass is 9.93. The number of thiazole rings is 1. The zero-order valence-electron chi connectivity index (χ0n) is 17.8. The zero-order chi connectivity index (χ0) is 22.8. The number of rotatable bonds is 6. The van der Waals surface area contributed by atoms with Gasteiger partial charge in [-0.1, -0.05) is 53.4 Å². The maximum atomic E-state index is 10.2. The fourth-order valence-electron chi connectivity index (χ4n) is 4.05. The van der Waals surface area contributed by atoms with Gasteiger partial charge in [-0.15, -0.1) is 0 Å². The number of nitrogens with zero attached hydrogens (tertiary/aromatic N) is 3. The molecule has 0 spiro atoms. The van der Waals surface area contributed by atoms with Crippen LogP contribution in [0.2, 0.25) is 10.0 Å². The van der Waals surface area contributed by atoms with Crippen LogP contribution in [0, 0.1) is 0 Å². The largest absolute Gasteiger partial charge is 0.391 e. The molecule has 2 aromatic carbocycles. The lowest BCUT2D eigenvalue weighted by Crippen LogP contribution is -2.36. The van der Waals surface area contributed by atoms with Crippen LogP contribution in [0.25, 0.3) is 21.5 Å². The minimum absolute atomic E-state index is 0.0837. The van der Waals surface area contributed by atoms with Gasteiger partial charge in [0.2, 0.25) is 0 Å². The first-order valence-electron chi connectivity index (χ1n) is 10.9. The highest BCUT2D eigenvalue weighted by atomic mass is 35.5. The summed E-state index contributed by atoms with van der Waals surface area (Å²) in [6.07, 6.45) is 7.14. The van der Waals surface area contributed by atoms with Crippen LogP contribution < -0.4 is 10.6 Å². The molecular weight excluding hydrogens is 477 g/mol. The van der Waals surface area contributed by atoms with Gasteiger partial charge in [-0.2, -0.15) is 0 Å². The Hall–Kier alpha value is -2.45. The Morgan fingerprint density at radius 1 is 1.03 bits per heavy atom. The Kier molecular flexibility index (Phi) is 6.64. The van der Waals surface area contributed by atoms with Crippen molar-refractivity contribution in [3.8, 4) is 11.3 Å². The summed E-state index contributed by atoms with van der Waals surface area (Å²) in [7, 11) is 0. The first-order valence-corrected chi connectivity index (χ1v) is 12.5. The number of aliphatic hydroxyl groups is 1. The Labute approximate surface area is 206 Å². The summed E-state index contributed by atoms with van der Waals surface area (Å²) in [6.45, 7) is 0.602. The van der Waals surface area contributed by atoms with Crippen molar-refractivity contribution in [3.63, 3.8) is 0 Å². The highest BCUT2D eigenvalue weighted by Crippen LogP contribution is 2.31. The second-order valence-electron chi connectivity index (χ2n) is 8.19. The molecule has 33 heavy (non-hydrogen) atoms. The molecule has 0 amide bonds. The van der Waals surface area contributed by atoms with Gasteiger partial charge in [0.25, 0.3) is 0 Å². The molecule has 4 aromatic rings. The van der Waals surface area contributed by atoms with Crippen molar-refractivity contribution in [1.29, 1.82) is 0 Å². The van der Waals surface area contributed by atoms with E-state index in [-0.39, 0.29) is 12.1 Å². The van der Waals surface area contributed by atoms with Gasteiger partial charge in [-0.25, -0.2) is 9.97 Å². The van der Waals surface area contributed by atoms with Gasteiger partial charge in [-0.05, 0) is 48.7 Å². The molecular formula is C24H23Cl2N5OS. The summed E-state index contributed by atoms with van der Waals surface area (Å²) in [4.78, 5) is 13.6. The normalized spacial score (nSPS) is 18.4. The second-order valence-corrected chi connectivity index (χ2v) is 10.1. The van der Waals surface area contributed by atoms with Gasteiger partial charge in [0.05, 0.1) is 45.5 Å². The molecule has 1 fully saturated rings. The Morgan fingerprint density at radius 3 is 2.76 bits per heavy atom. The molecule has 1 aliphatic carbocycles. The fraction of sp³-hybridized carbons (Fsp3) is 0.292. The van der Waals surface area contributed by atoms with E-state index >= 15 is 0 Å². The maximum Gasteiger partial charge on any atom is 0.184 e. The number of anilines is 2. The predicted octanol–water partition coefficient (Wildman–Crippen LogP) is 6.39. The van der Waals surface area contributed by atoms with E-state index in [2.05, 4.69) is 32.7 Å². The highest BCUT2D eigenvalue weighted by Gasteiger charge is 2.23. The Balaban J connectivity index is 1.28. The van der Waals surface area contributed by atoms with Crippen molar-refractivity contribution < 1.29 is 5.11 Å². The quantitative estimate of drug-likeness (QED) is 0.285. The van der Waals surface area contributed by atoms with Crippen molar-refractivity contribution in [2.45, 2.75) is 44.4 Å². The van der Waals surface area contributed by atoms with E-state index in [9.17, 15) is 5.11 Å². The van der Waals surface area contributed by atoms with E-state index in [1.54, 1.807) is 35.9 Å². The number of fused-ring (bicyclic) bond motifs is 1. The molecule has 170 valence electrons. The number of aliphatic hydroxyl groups excluding tert-OH is 1. The minimum Gasteiger partial charge on any atom is -0.391 e. The molecule has 2 heterocycles. The third-order valence-electron chi connectivity index (χ3n) is 5.81. The zero-order valence-corrected chi connectivity index (χ0v) is 20.1. The lowest BCUT2D eigenvalue weighted by molar-refractivity contribution is 0.116. The van der Waals surface area contributed by atoms with Crippen LogP contribution in [-0.4, -0.2) is 32.2 Å². The minimum atomic E-state index is -0.301.